The van der Waals surface area contributed by atoms with Gasteiger partial charge in [0.05, 0.1) is 10.8 Å². The molecule has 29 heavy (non-hydrogen) atoms. The SMILES string of the molecule is CN(C)S(=O)(=O)c1cccc(NC(=O)COC(=O)C2C3CC4CC(C3)CC2C4)c1. The van der Waals surface area contributed by atoms with E-state index in [1.807, 2.05) is 0 Å². The molecule has 0 unspecified atom stereocenters. The van der Waals surface area contributed by atoms with Crippen molar-refractivity contribution in [3.05, 3.63) is 24.3 Å². The van der Waals surface area contributed by atoms with Crippen molar-refractivity contribution in [3.8, 4) is 0 Å². The van der Waals surface area contributed by atoms with Gasteiger partial charge in [-0.25, -0.2) is 12.7 Å². The van der Waals surface area contributed by atoms with E-state index in [0.29, 0.717) is 17.5 Å². The standard InChI is InChI=1S/C21H28N2O5S/c1-23(2)29(26,27)18-5-3-4-17(11-18)22-19(24)12-28-21(25)20-15-7-13-6-14(9-15)10-16(20)8-13/h3-5,11,13-16,20H,6-10,12H2,1-2H3,(H,22,24). The topological polar surface area (TPSA) is 92.8 Å². The Kier molecular flexibility index (Phi) is 5.42. The molecule has 4 bridgehead atoms. The van der Waals surface area contributed by atoms with Crippen molar-refractivity contribution in [1.29, 1.82) is 0 Å². The van der Waals surface area contributed by atoms with Crippen LogP contribution in [0.25, 0.3) is 0 Å². The van der Waals surface area contributed by atoms with E-state index in [0.717, 1.165) is 41.8 Å². The number of hydrogen-bond acceptors (Lipinski definition) is 5. The van der Waals surface area contributed by atoms with Crippen LogP contribution in [0.2, 0.25) is 0 Å². The lowest BCUT2D eigenvalue weighted by Crippen LogP contribution is -2.48. The lowest BCUT2D eigenvalue weighted by atomic mass is 9.52. The third-order valence-corrected chi connectivity index (χ3v) is 8.55. The molecule has 4 aliphatic rings. The fourth-order valence-corrected chi connectivity index (χ4v) is 6.63. The first kappa shape index (κ1) is 20.3. The summed E-state index contributed by atoms with van der Waals surface area (Å²) in [4.78, 5) is 25.0. The molecule has 1 N–H and O–H groups in total. The molecular formula is C21H28N2O5S. The molecule has 5 rings (SSSR count). The molecule has 7 nitrogen and oxygen atoms in total. The summed E-state index contributed by atoms with van der Waals surface area (Å²) in [6.45, 7) is -0.355. The van der Waals surface area contributed by atoms with Crippen LogP contribution in [0.1, 0.15) is 32.1 Å². The maximum Gasteiger partial charge on any atom is 0.310 e. The number of esters is 1. The van der Waals surface area contributed by atoms with E-state index in [4.69, 9.17) is 4.74 Å². The molecule has 0 aliphatic heterocycles. The number of sulfonamides is 1. The Labute approximate surface area is 171 Å². The summed E-state index contributed by atoms with van der Waals surface area (Å²) in [5, 5.41) is 2.62. The highest BCUT2D eigenvalue weighted by Gasteiger charge is 2.51. The molecule has 0 heterocycles. The van der Waals surface area contributed by atoms with Gasteiger partial charge in [-0.1, -0.05) is 6.07 Å². The second-order valence-electron chi connectivity index (χ2n) is 8.93. The van der Waals surface area contributed by atoms with Crippen molar-refractivity contribution in [2.75, 3.05) is 26.0 Å². The first-order valence-electron chi connectivity index (χ1n) is 10.2. The van der Waals surface area contributed by atoms with Crippen LogP contribution in [-0.4, -0.2) is 45.3 Å². The molecule has 1 aromatic carbocycles. The lowest BCUT2D eigenvalue weighted by Gasteiger charge is -2.53. The number of amides is 1. The minimum absolute atomic E-state index is 0.0656. The molecule has 8 heteroatoms. The van der Waals surface area contributed by atoms with E-state index >= 15 is 0 Å². The molecule has 4 saturated carbocycles. The molecule has 0 spiro atoms. The Morgan fingerprint density at radius 1 is 1.07 bits per heavy atom. The van der Waals surface area contributed by atoms with Gasteiger partial charge in [-0.2, -0.15) is 0 Å². The number of nitrogens with one attached hydrogen (secondary N) is 1. The summed E-state index contributed by atoms with van der Waals surface area (Å²) in [6, 6.07) is 6.03. The molecule has 158 valence electrons. The Morgan fingerprint density at radius 2 is 1.69 bits per heavy atom. The first-order chi connectivity index (χ1) is 13.7. The normalized spacial score (nSPS) is 30.4. The van der Waals surface area contributed by atoms with E-state index in [2.05, 4.69) is 5.32 Å². The summed E-state index contributed by atoms with van der Waals surface area (Å²) in [5.74, 6) is 1.58. The van der Waals surface area contributed by atoms with Crippen LogP contribution in [0.4, 0.5) is 5.69 Å². The summed E-state index contributed by atoms with van der Waals surface area (Å²) < 4.78 is 30.9. The van der Waals surface area contributed by atoms with Crippen LogP contribution in [0.15, 0.2) is 29.2 Å². The summed E-state index contributed by atoms with van der Waals surface area (Å²) in [5.41, 5.74) is 0.351. The number of ether oxygens (including phenoxy) is 1. The predicted molar refractivity (Wildman–Crippen MR) is 107 cm³/mol. The van der Waals surface area contributed by atoms with Crippen molar-refractivity contribution < 1.29 is 22.7 Å². The molecule has 0 saturated heterocycles. The van der Waals surface area contributed by atoms with Gasteiger partial charge in [-0.3, -0.25) is 9.59 Å². The highest BCUT2D eigenvalue weighted by atomic mass is 32.2. The maximum absolute atomic E-state index is 12.7. The van der Waals surface area contributed by atoms with E-state index in [-0.39, 0.29) is 23.4 Å². The van der Waals surface area contributed by atoms with Crippen LogP contribution < -0.4 is 5.32 Å². The zero-order valence-electron chi connectivity index (χ0n) is 16.8. The van der Waals surface area contributed by atoms with Crippen LogP contribution in [0, 0.1) is 29.6 Å². The van der Waals surface area contributed by atoms with Gasteiger partial charge >= 0.3 is 5.97 Å². The lowest BCUT2D eigenvalue weighted by molar-refractivity contribution is -0.164. The van der Waals surface area contributed by atoms with Gasteiger partial charge in [0, 0.05) is 19.8 Å². The summed E-state index contributed by atoms with van der Waals surface area (Å²) in [7, 11) is -0.691. The highest BCUT2D eigenvalue weighted by Crippen LogP contribution is 2.56. The van der Waals surface area contributed by atoms with E-state index in [1.54, 1.807) is 12.1 Å². The average molecular weight is 421 g/mol. The maximum atomic E-state index is 12.7. The second kappa shape index (κ2) is 7.72. The Hall–Kier alpha value is -1.93. The van der Waals surface area contributed by atoms with Gasteiger partial charge in [-0.15, -0.1) is 0 Å². The number of benzene rings is 1. The van der Waals surface area contributed by atoms with Gasteiger partial charge in [0.25, 0.3) is 5.91 Å². The molecule has 4 fully saturated rings. The quantitative estimate of drug-likeness (QED) is 0.714. The van der Waals surface area contributed by atoms with E-state index in [1.165, 1.54) is 32.6 Å². The number of carbonyl (C=O) groups excluding carboxylic acids is 2. The zero-order chi connectivity index (χ0) is 20.8. The third kappa shape index (κ3) is 4.05. The molecule has 0 radical (unpaired) electrons. The van der Waals surface area contributed by atoms with Crippen LogP contribution in [0.5, 0.6) is 0 Å². The van der Waals surface area contributed by atoms with E-state index in [9.17, 15) is 18.0 Å². The second-order valence-corrected chi connectivity index (χ2v) is 11.1. The van der Waals surface area contributed by atoms with Gasteiger partial charge in [0.2, 0.25) is 10.0 Å². The largest absolute Gasteiger partial charge is 0.455 e. The van der Waals surface area contributed by atoms with Gasteiger partial charge in [0.15, 0.2) is 6.61 Å². The highest BCUT2D eigenvalue weighted by molar-refractivity contribution is 7.89. The van der Waals surface area contributed by atoms with Crippen molar-refractivity contribution in [2.45, 2.75) is 37.0 Å². The fraction of sp³-hybridized carbons (Fsp3) is 0.619. The average Bonchev–Trinajstić information content (AvgIpc) is 2.65. The Balaban J connectivity index is 1.33. The Morgan fingerprint density at radius 3 is 2.28 bits per heavy atom. The molecule has 4 aliphatic carbocycles. The summed E-state index contributed by atoms with van der Waals surface area (Å²) >= 11 is 0. The predicted octanol–water partition coefficient (Wildman–Crippen LogP) is 2.49. The molecular weight excluding hydrogens is 392 g/mol. The fourth-order valence-electron chi connectivity index (χ4n) is 5.69. The Bertz CT molecular complexity index is 883. The van der Waals surface area contributed by atoms with Gasteiger partial charge in [0.1, 0.15) is 0 Å². The number of hydrogen-bond donors (Lipinski definition) is 1. The number of nitrogens with zero attached hydrogens (tertiary/aromatic N) is 1. The van der Waals surface area contributed by atoms with Crippen molar-refractivity contribution in [1.82, 2.24) is 4.31 Å². The minimum atomic E-state index is -3.59. The van der Waals surface area contributed by atoms with Crippen LogP contribution in [-0.2, 0) is 24.3 Å². The molecule has 1 amide bonds. The first-order valence-corrected chi connectivity index (χ1v) is 11.7. The van der Waals surface area contributed by atoms with Crippen molar-refractivity contribution in [3.63, 3.8) is 0 Å². The third-order valence-electron chi connectivity index (χ3n) is 6.74. The van der Waals surface area contributed by atoms with Crippen molar-refractivity contribution >= 4 is 27.6 Å². The molecule has 0 aromatic heterocycles. The smallest absolute Gasteiger partial charge is 0.310 e. The van der Waals surface area contributed by atoms with Crippen LogP contribution in [0.3, 0.4) is 0 Å². The van der Waals surface area contributed by atoms with Crippen LogP contribution >= 0.6 is 0 Å². The van der Waals surface area contributed by atoms with Crippen molar-refractivity contribution in [2.24, 2.45) is 29.6 Å². The van der Waals surface area contributed by atoms with Gasteiger partial charge < -0.3 is 10.1 Å². The molecule has 1 aromatic rings. The van der Waals surface area contributed by atoms with E-state index < -0.39 is 15.9 Å². The minimum Gasteiger partial charge on any atom is -0.455 e. The number of rotatable bonds is 6. The molecule has 0 atom stereocenters. The summed E-state index contributed by atoms with van der Waals surface area (Å²) in [6.07, 6.45) is 5.79. The van der Waals surface area contributed by atoms with Gasteiger partial charge in [-0.05, 0) is 74.0 Å². The number of anilines is 1. The number of carbonyl (C=O) groups is 2. The zero-order valence-corrected chi connectivity index (χ0v) is 17.7. The monoisotopic (exact) mass is 420 g/mol.